The molecule has 4 aromatic heterocycles. The third kappa shape index (κ3) is 11.2. The summed E-state index contributed by atoms with van der Waals surface area (Å²) in [6.07, 6.45) is -2.71. The maximum absolute atomic E-state index is 9.41. The predicted molar refractivity (Wildman–Crippen MR) is 251 cm³/mol. The fourth-order valence-corrected chi connectivity index (χ4v) is 6.88. The van der Waals surface area contributed by atoms with Gasteiger partial charge in [-0.15, -0.1) is 47.5 Å². The topological polar surface area (TPSA) is 51.8 Å². The van der Waals surface area contributed by atoms with E-state index in [1.165, 1.54) is 18.2 Å². The summed E-state index contributed by atoms with van der Waals surface area (Å²) in [4.78, 5) is 13.1. The summed E-state index contributed by atoms with van der Waals surface area (Å²) in [7, 11) is 0. The molecular weight excluding hydrogens is 923 g/mol. The Balaban J connectivity index is 0.000000269. The zero-order valence-corrected chi connectivity index (χ0v) is 38.0. The monoisotopic (exact) mass is 998 g/mol. The molecule has 0 aliphatic rings. The van der Waals surface area contributed by atoms with Crippen molar-refractivity contribution in [3.63, 3.8) is 0 Å². The van der Waals surface area contributed by atoms with Crippen molar-refractivity contribution in [1.82, 2.24) is 15.0 Å². The minimum Gasteiger partial charge on any atom is -0.486 e. The second-order valence-corrected chi connectivity index (χ2v) is 17.4. The van der Waals surface area contributed by atoms with Crippen molar-refractivity contribution in [2.45, 2.75) is 100 Å². The van der Waals surface area contributed by atoms with Gasteiger partial charge in [-0.3, -0.25) is 0 Å². The molecule has 0 bridgehead atoms. The number of benzene rings is 4. The average Bonchev–Trinajstić information content (AvgIpc) is 3.71. The maximum atomic E-state index is 9.41. The zero-order valence-electron chi connectivity index (χ0n) is 50.6. The van der Waals surface area contributed by atoms with Gasteiger partial charge in [0.1, 0.15) is 0 Å². The Kier molecular flexibility index (Phi) is 8.79. The number of furan rings is 1. The van der Waals surface area contributed by atoms with E-state index in [1.807, 2.05) is 71.9 Å². The van der Waals surface area contributed by atoms with Crippen LogP contribution in [0.3, 0.4) is 0 Å². The summed E-state index contributed by atoms with van der Waals surface area (Å²) in [5.74, 6) is 0. The van der Waals surface area contributed by atoms with Crippen molar-refractivity contribution in [2.75, 3.05) is 0 Å². The molecule has 0 atom stereocenters. The van der Waals surface area contributed by atoms with Crippen LogP contribution >= 0.6 is 0 Å². The van der Waals surface area contributed by atoms with Crippen LogP contribution in [0.25, 0.3) is 55.7 Å². The number of aromatic nitrogens is 3. The zero-order chi connectivity index (χ0) is 55.7. The van der Waals surface area contributed by atoms with E-state index in [0.717, 1.165) is 11.8 Å². The van der Waals surface area contributed by atoms with Gasteiger partial charge in [0, 0.05) is 64.1 Å². The number of hydrogen-bond acceptors (Lipinski definition) is 4. The molecule has 4 heterocycles. The SMILES string of the molecule is [2H]C([2H])([2H])c1c[c-]c(-c2ccc(C([2H])([2H])C(C)(C)C)cn2)cc1-c1ccccc1.[2H]C([2H])([2H])c1ccc2c(n1)oc1c(-c3cc(C([2H])([2H])C(C)(C)c4ccc(C([2H])([2H])C(C)(C)C)cc4)c(C([2H])([2H])[2H])cn3)[c-]ccc12.[Ir]. The van der Waals surface area contributed by atoms with Crippen molar-refractivity contribution < 1.29 is 45.1 Å². The van der Waals surface area contributed by atoms with Crippen molar-refractivity contribution in [3.8, 4) is 33.6 Å². The van der Waals surface area contributed by atoms with Gasteiger partial charge in [-0.25, -0.2) is 4.98 Å². The van der Waals surface area contributed by atoms with Gasteiger partial charge >= 0.3 is 0 Å². The van der Waals surface area contributed by atoms with Gasteiger partial charge in [0.2, 0.25) is 5.71 Å². The summed E-state index contributed by atoms with van der Waals surface area (Å²) >= 11 is 0. The summed E-state index contributed by atoms with van der Waals surface area (Å²) in [6, 6.07) is 36.8. The van der Waals surface area contributed by atoms with Crippen LogP contribution in [-0.2, 0) is 44.6 Å². The molecule has 0 saturated carbocycles. The fourth-order valence-electron chi connectivity index (χ4n) is 6.88. The first-order chi connectivity index (χ1) is 34.4. The molecule has 0 amide bonds. The molecule has 0 spiro atoms. The van der Waals surface area contributed by atoms with Crippen molar-refractivity contribution in [3.05, 3.63) is 173 Å². The summed E-state index contributed by atoms with van der Waals surface area (Å²) in [6.45, 7) is 7.02. The standard InChI is InChI=1S/C33H35N2O.C23H24N.Ir/c1-21-20-34-29(28-10-8-9-26-27-16-11-22(2)35-31(27)36-30(26)28)17-24(21)19-33(6,7)25-14-12-23(13-15-25)18-32(3,4)5;1-17-10-12-20(14-21(17)19-8-6-5-7-9-19)22-13-11-18(16-24-22)15-23(2,3)4;/h8-9,11-17,20H,18-19H2,1-7H3;5-11,13-14,16H,15H2,1-4H3;/q2*-1;/i1D3,2D3,18D2,19D2;1D3,15D2;. The Hall–Kier alpha value is -5.22. The predicted octanol–water partition coefficient (Wildman–Crippen LogP) is 14.7. The third-order valence-corrected chi connectivity index (χ3v) is 9.63. The van der Waals surface area contributed by atoms with Crippen LogP contribution in [0.1, 0.15) is 115 Å². The molecule has 4 nitrogen and oxygen atoms in total. The second kappa shape index (κ2) is 18.4. The number of aryl methyl sites for hydroxylation is 3. The van der Waals surface area contributed by atoms with E-state index in [9.17, 15) is 2.74 Å². The molecule has 5 heteroatoms. The molecule has 0 N–H and O–H groups in total. The number of rotatable bonds is 8. The van der Waals surface area contributed by atoms with Gasteiger partial charge in [0.25, 0.3) is 0 Å². The molecule has 0 aliphatic carbocycles. The number of nitrogens with zero attached hydrogens (tertiary/aromatic N) is 3. The van der Waals surface area contributed by atoms with Crippen molar-refractivity contribution in [2.24, 2.45) is 10.8 Å². The Morgan fingerprint density at radius 3 is 2.03 bits per heavy atom. The number of pyridine rings is 3. The van der Waals surface area contributed by atoms with Gasteiger partial charge in [-0.05, 0) is 106 Å². The van der Waals surface area contributed by atoms with E-state index in [-0.39, 0.29) is 53.9 Å². The van der Waals surface area contributed by atoms with Gasteiger partial charge in [0.15, 0.2) is 0 Å². The van der Waals surface area contributed by atoms with Gasteiger partial charge in [-0.1, -0.05) is 152 Å². The molecule has 8 rings (SSSR count). The van der Waals surface area contributed by atoms with Crippen LogP contribution in [0.2, 0.25) is 0 Å². The van der Waals surface area contributed by atoms with E-state index in [0.29, 0.717) is 55.4 Å². The van der Waals surface area contributed by atoms with Crippen LogP contribution < -0.4 is 0 Å². The molecule has 0 unspecified atom stereocenters. The van der Waals surface area contributed by atoms with E-state index in [4.69, 9.17) is 22.2 Å². The van der Waals surface area contributed by atoms with Crippen LogP contribution in [-0.4, -0.2) is 15.0 Å². The molecule has 1 radical (unpaired) electrons. The smallest absolute Gasteiger partial charge is 0.216 e. The summed E-state index contributed by atoms with van der Waals surface area (Å²) in [5.41, 5.74) is 2.51. The molecule has 0 aliphatic heterocycles. The molecule has 0 saturated heterocycles. The third-order valence-electron chi connectivity index (χ3n) is 9.63. The van der Waals surface area contributed by atoms with Gasteiger partial charge in [-0.2, -0.15) is 0 Å². The summed E-state index contributed by atoms with van der Waals surface area (Å²) < 4.78 is 130. The maximum Gasteiger partial charge on any atom is 0.216 e. The number of fused-ring (bicyclic) bond motifs is 3. The van der Waals surface area contributed by atoms with Crippen molar-refractivity contribution >= 4 is 22.1 Å². The Bertz CT molecular complexity index is 3350. The Morgan fingerprint density at radius 1 is 0.656 bits per heavy atom. The largest absolute Gasteiger partial charge is 0.486 e. The first kappa shape index (κ1) is 29.1. The molecule has 315 valence electrons. The van der Waals surface area contributed by atoms with E-state index in [1.54, 1.807) is 80.7 Å². The average molecular weight is 997 g/mol. The summed E-state index contributed by atoms with van der Waals surface area (Å²) in [5, 5.41) is 1.20. The number of hydrogen-bond donors (Lipinski definition) is 0. The first-order valence-corrected chi connectivity index (χ1v) is 19.8. The first-order valence-electron chi connectivity index (χ1n) is 27.3. The Morgan fingerprint density at radius 2 is 1.36 bits per heavy atom. The normalized spacial score (nSPS) is 16.9. The van der Waals surface area contributed by atoms with E-state index in [2.05, 4.69) is 27.1 Å². The van der Waals surface area contributed by atoms with Crippen molar-refractivity contribution in [1.29, 1.82) is 0 Å². The van der Waals surface area contributed by atoms with Gasteiger partial charge < -0.3 is 14.4 Å². The minimum atomic E-state index is -2.68. The Labute approximate surface area is 398 Å². The van der Waals surface area contributed by atoms with Crippen LogP contribution in [0.5, 0.6) is 0 Å². The van der Waals surface area contributed by atoms with Crippen LogP contribution in [0, 0.1) is 43.5 Å². The quantitative estimate of drug-likeness (QED) is 0.142. The fraction of sp³-hybridized carbons (Fsp3) is 0.304. The molecule has 61 heavy (non-hydrogen) atoms. The van der Waals surface area contributed by atoms with Crippen LogP contribution in [0.15, 0.2) is 126 Å². The second-order valence-electron chi connectivity index (χ2n) is 17.4. The van der Waals surface area contributed by atoms with E-state index < -0.39 is 55.9 Å². The molecular formula is C56H59IrN3O-2. The van der Waals surface area contributed by atoms with Crippen LogP contribution in [0.4, 0.5) is 0 Å². The molecule has 4 aromatic carbocycles. The molecule has 0 fully saturated rings. The molecule has 8 aromatic rings. The van der Waals surface area contributed by atoms with E-state index >= 15 is 0 Å². The van der Waals surface area contributed by atoms with Gasteiger partial charge in [0.05, 0.1) is 5.58 Å². The minimum absolute atomic E-state index is 0.